The van der Waals surface area contributed by atoms with Gasteiger partial charge in [-0.15, -0.1) is 0 Å². The third-order valence-electron chi connectivity index (χ3n) is 7.04. The number of likely N-dealkylation sites (N-methyl/N-ethyl adjacent to an activating group) is 1. The molecule has 33 heavy (non-hydrogen) atoms. The molecule has 1 saturated carbocycles. The van der Waals surface area contributed by atoms with Crippen LogP contribution in [0.4, 0.5) is 0 Å². The van der Waals surface area contributed by atoms with Gasteiger partial charge in [-0.3, -0.25) is 14.4 Å². The molecule has 8 nitrogen and oxygen atoms in total. The number of aryl methyl sites for hydroxylation is 1. The summed E-state index contributed by atoms with van der Waals surface area (Å²) in [6.45, 7) is 3.69. The Morgan fingerprint density at radius 2 is 1.82 bits per heavy atom. The number of hydrogen-bond donors (Lipinski definition) is 1. The first-order valence-corrected chi connectivity index (χ1v) is 12.1. The van der Waals surface area contributed by atoms with Crippen LogP contribution in [0.3, 0.4) is 0 Å². The first-order chi connectivity index (χ1) is 16.1. The van der Waals surface area contributed by atoms with Gasteiger partial charge in [0.2, 0.25) is 5.91 Å². The number of aromatic nitrogens is 4. The van der Waals surface area contributed by atoms with Gasteiger partial charge in [0.05, 0.1) is 11.7 Å². The van der Waals surface area contributed by atoms with Crippen LogP contribution in [0.5, 0.6) is 0 Å². The van der Waals surface area contributed by atoms with Gasteiger partial charge in [0.15, 0.2) is 5.82 Å². The quantitative estimate of drug-likeness (QED) is 0.648. The number of amides is 1. The normalized spacial score (nSPS) is 19.6. The predicted octanol–water partition coefficient (Wildman–Crippen LogP) is 2.97. The molecule has 2 aromatic heterocycles. The summed E-state index contributed by atoms with van der Waals surface area (Å²) in [6, 6.07) is 6.21. The second-order valence-corrected chi connectivity index (χ2v) is 9.49. The van der Waals surface area contributed by atoms with Crippen molar-refractivity contribution in [3.63, 3.8) is 0 Å². The molecular formula is C25H33N7O. The van der Waals surface area contributed by atoms with Crippen molar-refractivity contribution in [3.05, 3.63) is 42.6 Å². The summed E-state index contributed by atoms with van der Waals surface area (Å²) in [7, 11) is 4.06. The molecule has 1 N–H and O–H groups in total. The van der Waals surface area contributed by atoms with Gasteiger partial charge in [-0.05, 0) is 31.5 Å². The highest BCUT2D eigenvalue weighted by Gasteiger charge is 2.30. The average Bonchev–Trinajstić information content (AvgIpc) is 3.29. The van der Waals surface area contributed by atoms with E-state index in [-0.39, 0.29) is 18.0 Å². The minimum Gasteiger partial charge on any atom is -0.333 e. The first-order valence-electron chi connectivity index (χ1n) is 12.1. The Kier molecular flexibility index (Phi) is 6.37. The van der Waals surface area contributed by atoms with Crippen molar-refractivity contribution >= 4 is 16.8 Å². The van der Waals surface area contributed by atoms with Gasteiger partial charge in [-0.25, -0.2) is 9.97 Å². The lowest BCUT2D eigenvalue weighted by Gasteiger charge is -2.38. The molecule has 5 rings (SSSR count). The van der Waals surface area contributed by atoms with E-state index in [1.165, 1.54) is 6.42 Å². The Bertz CT molecular complexity index is 1110. The summed E-state index contributed by atoms with van der Waals surface area (Å²) in [6.07, 6.45) is 10.9. The Balaban J connectivity index is 1.46. The third-order valence-corrected chi connectivity index (χ3v) is 7.04. The maximum Gasteiger partial charge on any atom is 0.224 e. The Morgan fingerprint density at radius 3 is 2.55 bits per heavy atom. The van der Waals surface area contributed by atoms with E-state index >= 15 is 0 Å². The maximum absolute atomic E-state index is 13.2. The van der Waals surface area contributed by atoms with Gasteiger partial charge in [-0.1, -0.05) is 31.4 Å². The standard InChI is InChI=1S/C25H33N7O/c1-30-10-12-32(13-11-30)24(29-25(33)18-6-4-3-5-7-18)23-26-15-20-9-8-19(14-22(20)28-23)21-16-27-31(2)17-21/h8-9,14-18,24H,3-7,10-13H2,1-2H3,(H,29,33). The largest absolute Gasteiger partial charge is 0.333 e. The number of rotatable bonds is 5. The molecule has 1 aromatic carbocycles. The molecule has 0 spiro atoms. The summed E-state index contributed by atoms with van der Waals surface area (Å²) in [5, 5.41) is 8.61. The summed E-state index contributed by atoms with van der Waals surface area (Å²) < 4.78 is 1.80. The Labute approximate surface area is 195 Å². The maximum atomic E-state index is 13.2. The van der Waals surface area contributed by atoms with E-state index in [9.17, 15) is 4.79 Å². The summed E-state index contributed by atoms with van der Waals surface area (Å²) in [4.78, 5) is 27.5. The fraction of sp³-hybridized carbons (Fsp3) is 0.520. The number of nitrogens with zero attached hydrogens (tertiary/aromatic N) is 6. The van der Waals surface area contributed by atoms with Crippen LogP contribution in [0.15, 0.2) is 36.8 Å². The number of hydrogen-bond acceptors (Lipinski definition) is 6. The number of piperazine rings is 1. The zero-order chi connectivity index (χ0) is 22.8. The van der Waals surface area contributed by atoms with Gasteiger partial charge < -0.3 is 10.2 Å². The zero-order valence-electron chi connectivity index (χ0n) is 19.6. The fourth-order valence-corrected chi connectivity index (χ4v) is 4.94. The van der Waals surface area contributed by atoms with Gasteiger partial charge in [0.25, 0.3) is 0 Å². The van der Waals surface area contributed by atoms with Crippen LogP contribution in [0.2, 0.25) is 0 Å². The first kappa shape index (κ1) is 22.0. The zero-order valence-corrected chi connectivity index (χ0v) is 19.6. The lowest BCUT2D eigenvalue weighted by molar-refractivity contribution is -0.128. The monoisotopic (exact) mass is 447 g/mol. The van der Waals surface area contributed by atoms with Gasteiger partial charge in [0, 0.05) is 62.5 Å². The number of benzene rings is 1. The molecule has 3 aromatic rings. The molecule has 1 saturated heterocycles. The Hall–Kier alpha value is -2.84. The van der Waals surface area contributed by atoms with Crippen LogP contribution < -0.4 is 5.32 Å². The van der Waals surface area contributed by atoms with E-state index in [1.807, 2.05) is 31.7 Å². The molecule has 2 fully saturated rings. The number of fused-ring (bicyclic) bond motifs is 1. The lowest BCUT2D eigenvalue weighted by Crippen LogP contribution is -2.51. The van der Waals surface area contributed by atoms with Gasteiger partial charge in [0.1, 0.15) is 6.17 Å². The molecule has 8 heteroatoms. The topological polar surface area (TPSA) is 79.2 Å². The molecule has 1 aliphatic heterocycles. The second-order valence-electron chi connectivity index (χ2n) is 9.49. The van der Waals surface area contributed by atoms with Crippen molar-refractivity contribution < 1.29 is 4.79 Å². The smallest absolute Gasteiger partial charge is 0.224 e. The molecule has 0 radical (unpaired) electrons. The van der Waals surface area contributed by atoms with Crippen molar-refractivity contribution in [3.8, 4) is 11.1 Å². The highest BCUT2D eigenvalue weighted by molar-refractivity contribution is 5.83. The lowest BCUT2D eigenvalue weighted by atomic mass is 9.88. The molecule has 1 unspecified atom stereocenters. The molecule has 2 aliphatic rings. The van der Waals surface area contributed by atoms with Gasteiger partial charge >= 0.3 is 0 Å². The van der Waals surface area contributed by atoms with Crippen molar-refractivity contribution in [2.75, 3.05) is 33.2 Å². The summed E-state index contributed by atoms with van der Waals surface area (Å²) >= 11 is 0. The molecular weight excluding hydrogens is 414 g/mol. The van der Waals surface area contributed by atoms with E-state index in [4.69, 9.17) is 9.97 Å². The van der Waals surface area contributed by atoms with Crippen LogP contribution in [0.25, 0.3) is 22.0 Å². The molecule has 0 bridgehead atoms. The highest BCUT2D eigenvalue weighted by atomic mass is 16.2. The van der Waals surface area contributed by atoms with E-state index in [0.717, 1.165) is 73.9 Å². The summed E-state index contributed by atoms with van der Waals surface area (Å²) in [5.74, 6) is 0.914. The third kappa shape index (κ3) is 4.91. The van der Waals surface area contributed by atoms with Crippen LogP contribution in [-0.4, -0.2) is 68.7 Å². The van der Waals surface area contributed by atoms with Crippen molar-refractivity contribution in [1.29, 1.82) is 0 Å². The second kappa shape index (κ2) is 9.57. The van der Waals surface area contributed by atoms with Crippen molar-refractivity contribution in [2.24, 2.45) is 13.0 Å². The van der Waals surface area contributed by atoms with Crippen molar-refractivity contribution in [1.82, 2.24) is 34.9 Å². The SMILES string of the molecule is CN1CCN(C(NC(=O)C2CCCCC2)c2ncc3ccc(-c4cnn(C)c4)cc3n2)CC1. The Morgan fingerprint density at radius 1 is 1.03 bits per heavy atom. The number of nitrogens with one attached hydrogen (secondary N) is 1. The molecule has 3 heterocycles. The predicted molar refractivity (Wildman–Crippen MR) is 128 cm³/mol. The summed E-state index contributed by atoms with van der Waals surface area (Å²) in [5.41, 5.74) is 3.01. The van der Waals surface area contributed by atoms with Crippen LogP contribution in [0.1, 0.15) is 44.1 Å². The van der Waals surface area contributed by atoms with Crippen LogP contribution in [0, 0.1) is 5.92 Å². The fourth-order valence-electron chi connectivity index (χ4n) is 4.94. The number of carbonyl (C=O) groups excluding carboxylic acids is 1. The van der Waals surface area contributed by atoms with E-state index in [0.29, 0.717) is 5.82 Å². The van der Waals surface area contributed by atoms with E-state index in [1.54, 1.807) is 4.68 Å². The molecule has 174 valence electrons. The average molecular weight is 448 g/mol. The molecule has 1 amide bonds. The minimum atomic E-state index is -0.306. The van der Waals surface area contributed by atoms with Crippen LogP contribution in [-0.2, 0) is 11.8 Å². The van der Waals surface area contributed by atoms with E-state index < -0.39 is 0 Å². The van der Waals surface area contributed by atoms with Crippen molar-refractivity contribution in [2.45, 2.75) is 38.3 Å². The highest BCUT2D eigenvalue weighted by Crippen LogP contribution is 2.27. The van der Waals surface area contributed by atoms with E-state index in [2.05, 4.69) is 39.4 Å². The number of carbonyl (C=O) groups is 1. The van der Waals surface area contributed by atoms with Gasteiger partial charge in [-0.2, -0.15) is 5.10 Å². The molecule has 1 aliphatic carbocycles. The minimum absolute atomic E-state index is 0.103. The molecule has 1 atom stereocenters. The van der Waals surface area contributed by atoms with Crippen LogP contribution >= 0.6 is 0 Å².